The molecule has 0 saturated carbocycles. The Hall–Kier alpha value is -1.44. The highest BCUT2D eigenvalue weighted by molar-refractivity contribution is 5.64. The average Bonchev–Trinajstić information content (AvgIpc) is 2.27. The van der Waals surface area contributed by atoms with Crippen LogP contribution >= 0.6 is 0 Å². The van der Waals surface area contributed by atoms with Gasteiger partial charge in [0.15, 0.2) is 0 Å². The van der Waals surface area contributed by atoms with E-state index in [1.54, 1.807) is 12.1 Å². The minimum absolute atomic E-state index is 0.301. The van der Waals surface area contributed by atoms with Crippen LogP contribution in [0.25, 0.3) is 6.08 Å². The van der Waals surface area contributed by atoms with Crippen LogP contribution in [0.1, 0.15) is 11.1 Å². The summed E-state index contributed by atoms with van der Waals surface area (Å²) in [5.41, 5.74) is 8.72. The van der Waals surface area contributed by atoms with Gasteiger partial charge in [-0.3, -0.25) is 0 Å². The Kier molecular flexibility index (Phi) is 1.15. The smallest absolute Gasteiger partial charge is 0.116 e. The largest absolute Gasteiger partial charge is 0.508 e. The van der Waals surface area contributed by atoms with Crippen LogP contribution in [0.3, 0.4) is 0 Å². The fourth-order valence-electron chi connectivity index (χ4n) is 1.35. The molecule has 2 heteroatoms. The van der Waals surface area contributed by atoms with E-state index in [0.717, 1.165) is 17.7 Å². The Labute approximate surface area is 65.0 Å². The van der Waals surface area contributed by atoms with Gasteiger partial charge in [-0.05, 0) is 29.3 Å². The van der Waals surface area contributed by atoms with Crippen molar-refractivity contribution in [1.82, 2.24) is 0 Å². The first-order valence-electron chi connectivity index (χ1n) is 3.53. The van der Waals surface area contributed by atoms with Crippen molar-refractivity contribution in [2.75, 3.05) is 0 Å². The molecule has 0 unspecified atom stereocenters. The predicted molar refractivity (Wildman–Crippen MR) is 44.0 cm³/mol. The van der Waals surface area contributed by atoms with E-state index >= 15 is 0 Å². The number of allylic oxidation sites excluding steroid dienone is 1. The Morgan fingerprint density at radius 2 is 2.18 bits per heavy atom. The summed E-state index contributed by atoms with van der Waals surface area (Å²) >= 11 is 0. The van der Waals surface area contributed by atoms with E-state index in [0.29, 0.717) is 5.75 Å². The van der Waals surface area contributed by atoms with Crippen LogP contribution in [0.15, 0.2) is 23.9 Å². The molecule has 0 spiro atoms. The molecule has 0 amide bonds. The van der Waals surface area contributed by atoms with Gasteiger partial charge >= 0.3 is 0 Å². The molecule has 0 atom stereocenters. The lowest BCUT2D eigenvalue weighted by atomic mass is 10.1. The van der Waals surface area contributed by atoms with Crippen molar-refractivity contribution in [2.24, 2.45) is 5.73 Å². The normalized spacial score (nSPS) is 14.4. The third-order valence-electron chi connectivity index (χ3n) is 1.86. The molecule has 11 heavy (non-hydrogen) atoms. The van der Waals surface area contributed by atoms with Gasteiger partial charge in [0, 0.05) is 12.1 Å². The lowest BCUT2D eigenvalue weighted by Gasteiger charge is -1.97. The summed E-state index contributed by atoms with van der Waals surface area (Å²) in [5, 5.41) is 9.11. The summed E-state index contributed by atoms with van der Waals surface area (Å²) in [4.78, 5) is 0. The molecule has 0 aliphatic heterocycles. The number of phenolic OH excluding ortho intramolecular Hbond substituents is 1. The van der Waals surface area contributed by atoms with Crippen molar-refractivity contribution in [3.8, 4) is 5.75 Å². The topological polar surface area (TPSA) is 46.2 Å². The summed E-state index contributed by atoms with van der Waals surface area (Å²) in [6, 6.07) is 5.32. The second-order valence-electron chi connectivity index (χ2n) is 2.78. The quantitative estimate of drug-likeness (QED) is 0.580. The summed E-state index contributed by atoms with van der Waals surface area (Å²) in [6.45, 7) is 0. The van der Waals surface area contributed by atoms with Crippen LogP contribution in [0.5, 0.6) is 5.75 Å². The number of nitrogens with two attached hydrogens (primary N) is 1. The zero-order valence-corrected chi connectivity index (χ0v) is 6.04. The van der Waals surface area contributed by atoms with Gasteiger partial charge in [0.2, 0.25) is 0 Å². The molecule has 1 aliphatic carbocycles. The number of benzene rings is 1. The fraction of sp³-hybridized carbons (Fsp3) is 0.111. The van der Waals surface area contributed by atoms with Gasteiger partial charge in [0.25, 0.3) is 0 Å². The van der Waals surface area contributed by atoms with Gasteiger partial charge in [-0.15, -0.1) is 0 Å². The van der Waals surface area contributed by atoms with Crippen LogP contribution in [0.4, 0.5) is 0 Å². The van der Waals surface area contributed by atoms with E-state index in [2.05, 4.69) is 0 Å². The number of hydrogen-bond acceptors (Lipinski definition) is 2. The van der Waals surface area contributed by atoms with E-state index in [9.17, 15) is 0 Å². The van der Waals surface area contributed by atoms with E-state index in [1.165, 1.54) is 5.56 Å². The van der Waals surface area contributed by atoms with E-state index in [1.807, 2.05) is 12.1 Å². The van der Waals surface area contributed by atoms with Crippen LogP contribution in [0, 0.1) is 0 Å². The number of aromatic hydroxyl groups is 1. The molecule has 0 radical (unpaired) electrons. The van der Waals surface area contributed by atoms with Gasteiger partial charge in [-0.25, -0.2) is 0 Å². The summed E-state index contributed by atoms with van der Waals surface area (Å²) in [6.07, 6.45) is 2.71. The van der Waals surface area contributed by atoms with Crippen LogP contribution in [0.2, 0.25) is 0 Å². The van der Waals surface area contributed by atoms with Crippen molar-refractivity contribution in [3.63, 3.8) is 0 Å². The molecule has 2 nitrogen and oxygen atoms in total. The fourth-order valence-corrected chi connectivity index (χ4v) is 1.35. The third-order valence-corrected chi connectivity index (χ3v) is 1.86. The zero-order chi connectivity index (χ0) is 7.84. The highest BCUT2D eigenvalue weighted by Gasteiger charge is 2.09. The first-order chi connectivity index (χ1) is 5.25. The molecule has 1 aromatic rings. The summed E-state index contributed by atoms with van der Waals surface area (Å²) in [5.74, 6) is 0.301. The van der Waals surface area contributed by atoms with Gasteiger partial charge in [0.1, 0.15) is 5.75 Å². The number of rotatable bonds is 0. The standard InChI is InChI=1S/C9H9NO/c10-8-3-6-1-2-9(11)5-7(6)4-8/h1-2,4-5,11H,3,10H2. The SMILES string of the molecule is NC1=Cc2cc(O)ccc2C1. The molecule has 3 N–H and O–H groups in total. The van der Waals surface area contributed by atoms with E-state index in [-0.39, 0.29) is 0 Å². The summed E-state index contributed by atoms with van der Waals surface area (Å²) in [7, 11) is 0. The molecule has 0 heterocycles. The predicted octanol–water partition coefficient (Wildman–Crippen LogP) is 1.25. The van der Waals surface area contributed by atoms with Crippen molar-refractivity contribution < 1.29 is 5.11 Å². The number of hydrogen-bond donors (Lipinski definition) is 2. The average molecular weight is 147 g/mol. The van der Waals surface area contributed by atoms with Gasteiger partial charge in [-0.2, -0.15) is 0 Å². The number of phenols is 1. The molecule has 2 rings (SSSR count). The minimum atomic E-state index is 0.301. The second kappa shape index (κ2) is 2.02. The Bertz CT molecular complexity index is 328. The maximum atomic E-state index is 9.11. The van der Waals surface area contributed by atoms with Gasteiger partial charge in [0.05, 0.1) is 0 Å². The van der Waals surface area contributed by atoms with Crippen LogP contribution in [-0.4, -0.2) is 5.11 Å². The highest BCUT2D eigenvalue weighted by atomic mass is 16.3. The molecule has 0 bridgehead atoms. The summed E-state index contributed by atoms with van der Waals surface area (Å²) < 4.78 is 0. The molecule has 0 fully saturated rings. The molecule has 1 aromatic carbocycles. The van der Waals surface area contributed by atoms with Crippen LogP contribution in [-0.2, 0) is 6.42 Å². The molecule has 56 valence electrons. The molecule has 1 aliphatic rings. The first-order valence-corrected chi connectivity index (χ1v) is 3.53. The molecular formula is C9H9NO. The van der Waals surface area contributed by atoms with Crippen LogP contribution < -0.4 is 5.73 Å². The Morgan fingerprint density at radius 3 is 3.00 bits per heavy atom. The lowest BCUT2D eigenvalue weighted by Crippen LogP contribution is -1.94. The Balaban J connectivity index is 2.54. The van der Waals surface area contributed by atoms with Gasteiger partial charge < -0.3 is 10.8 Å². The zero-order valence-electron chi connectivity index (χ0n) is 6.04. The minimum Gasteiger partial charge on any atom is -0.508 e. The number of fused-ring (bicyclic) bond motifs is 1. The monoisotopic (exact) mass is 147 g/mol. The molecule has 0 saturated heterocycles. The third kappa shape index (κ3) is 0.963. The Morgan fingerprint density at radius 1 is 1.36 bits per heavy atom. The van der Waals surface area contributed by atoms with Gasteiger partial charge in [-0.1, -0.05) is 6.07 Å². The van der Waals surface area contributed by atoms with E-state index in [4.69, 9.17) is 10.8 Å². The maximum absolute atomic E-state index is 9.11. The highest BCUT2D eigenvalue weighted by Crippen LogP contribution is 2.25. The van der Waals surface area contributed by atoms with Crippen molar-refractivity contribution >= 4 is 6.08 Å². The van der Waals surface area contributed by atoms with E-state index < -0.39 is 0 Å². The lowest BCUT2D eigenvalue weighted by molar-refractivity contribution is 0.475. The molecule has 0 aromatic heterocycles. The second-order valence-corrected chi connectivity index (χ2v) is 2.78. The first kappa shape index (κ1) is 6.28. The maximum Gasteiger partial charge on any atom is 0.116 e. The molecular weight excluding hydrogens is 138 g/mol. The van der Waals surface area contributed by atoms with Crippen molar-refractivity contribution in [3.05, 3.63) is 35.0 Å². The van der Waals surface area contributed by atoms with Crippen molar-refractivity contribution in [1.29, 1.82) is 0 Å². The van der Waals surface area contributed by atoms with Crippen molar-refractivity contribution in [2.45, 2.75) is 6.42 Å².